The van der Waals surface area contributed by atoms with Crippen LogP contribution in [0.1, 0.15) is 0 Å². The molecule has 0 aromatic heterocycles. The molecule has 16 heavy (non-hydrogen) atoms. The van der Waals surface area contributed by atoms with Gasteiger partial charge >= 0.3 is 0 Å². The third-order valence-corrected chi connectivity index (χ3v) is 8.19. The second-order valence-electron chi connectivity index (χ2n) is 4.43. The van der Waals surface area contributed by atoms with E-state index in [0.29, 0.717) is 5.69 Å². The minimum atomic E-state index is -1.83. The highest BCUT2D eigenvalue weighted by atomic mass is 28.4. The fraction of sp³-hybridized carbons (Fsp3) is 0.364. The van der Waals surface area contributed by atoms with Crippen LogP contribution in [0.25, 0.3) is 0 Å². The molecule has 0 bridgehead atoms. The summed E-state index contributed by atoms with van der Waals surface area (Å²) in [7, 11) is -2.87. The molecule has 0 aliphatic carbocycles. The van der Waals surface area contributed by atoms with Gasteiger partial charge in [-0.1, -0.05) is 12.1 Å². The monoisotopic (exact) mass is 251 g/mol. The van der Waals surface area contributed by atoms with Crippen LogP contribution < -0.4 is 5.19 Å². The van der Waals surface area contributed by atoms with Crippen molar-refractivity contribution in [2.45, 2.75) is 26.2 Å². The van der Waals surface area contributed by atoms with Gasteiger partial charge in [0.2, 0.25) is 14.4 Å². The van der Waals surface area contributed by atoms with Gasteiger partial charge in [0.25, 0.3) is 0 Å². The number of benzene rings is 1. The molecule has 0 radical (unpaired) electrons. The van der Waals surface area contributed by atoms with E-state index >= 15 is 0 Å². The minimum absolute atomic E-state index is 0.655. The highest BCUT2D eigenvalue weighted by Gasteiger charge is 2.26. The second kappa shape index (κ2) is 5.36. The van der Waals surface area contributed by atoms with Gasteiger partial charge in [0.1, 0.15) is 0 Å². The summed E-state index contributed by atoms with van der Waals surface area (Å²) in [6, 6.07) is 7.68. The molecule has 0 saturated heterocycles. The van der Waals surface area contributed by atoms with E-state index in [1.165, 1.54) is 5.19 Å². The maximum atomic E-state index is 10.2. The summed E-state index contributed by atoms with van der Waals surface area (Å²) >= 11 is 0. The van der Waals surface area contributed by atoms with Crippen molar-refractivity contribution in [2.75, 3.05) is 0 Å². The van der Waals surface area contributed by atoms with E-state index in [9.17, 15) is 4.79 Å². The Morgan fingerprint density at radius 1 is 1.38 bits per heavy atom. The summed E-state index contributed by atoms with van der Waals surface area (Å²) < 4.78 is 6.09. The van der Waals surface area contributed by atoms with Gasteiger partial charge in [-0.25, -0.2) is 4.79 Å². The second-order valence-corrected chi connectivity index (χ2v) is 11.1. The maximum absolute atomic E-state index is 10.2. The quantitative estimate of drug-likeness (QED) is 0.467. The van der Waals surface area contributed by atoms with Gasteiger partial charge in [-0.2, -0.15) is 4.99 Å². The highest BCUT2D eigenvalue weighted by Crippen LogP contribution is 2.13. The average molecular weight is 251 g/mol. The number of nitrogens with zero attached hydrogens (tertiary/aromatic N) is 1. The highest BCUT2D eigenvalue weighted by molar-refractivity contribution is 6.88. The number of hydrogen-bond acceptors (Lipinski definition) is 3. The summed E-state index contributed by atoms with van der Waals surface area (Å²) in [5, 5.41) is 1.17. The van der Waals surface area contributed by atoms with Gasteiger partial charge < -0.3 is 4.12 Å². The number of aliphatic imine (C=N–C) groups is 1. The minimum Gasteiger partial charge on any atom is -0.455 e. The summed E-state index contributed by atoms with van der Waals surface area (Å²) in [6.07, 6.45) is 1.56. The first kappa shape index (κ1) is 13.1. The number of isocyanates is 1. The van der Waals surface area contributed by atoms with Crippen molar-refractivity contribution in [3.05, 3.63) is 24.3 Å². The molecule has 86 valence electrons. The first-order valence-electron chi connectivity index (χ1n) is 5.32. The fourth-order valence-corrected chi connectivity index (χ4v) is 7.91. The molecule has 0 amide bonds. The molecule has 0 unspecified atom stereocenters. The number of carbonyl (C=O) groups excluding carboxylic acids is 1. The van der Waals surface area contributed by atoms with Crippen LogP contribution >= 0.6 is 0 Å². The van der Waals surface area contributed by atoms with Gasteiger partial charge in [0, 0.05) is 0 Å². The Labute approximate surface area is 99.0 Å². The van der Waals surface area contributed by atoms with Crippen molar-refractivity contribution in [3.8, 4) is 0 Å². The lowest BCUT2D eigenvalue weighted by Gasteiger charge is -2.26. The van der Waals surface area contributed by atoms with Crippen molar-refractivity contribution >= 4 is 34.3 Å². The summed E-state index contributed by atoms with van der Waals surface area (Å²) in [6.45, 7) is 8.68. The van der Waals surface area contributed by atoms with Gasteiger partial charge in [0.05, 0.1) is 5.69 Å². The molecule has 5 heteroatoms. The largest absolute Gasteiger partial charge is 0.455 e. The average Bonchev–Trinajstić information content (AvgIpc) is 2.16. The van der Waals surface area contributed by atoms with Crippen molar-refractivity contribution in [1.29, 1.82) is 0 Å². The lowest BCUT2D eigenvalue weighted by atomic mass is 10.3. The Morgan fingerprint density at radius 3 is 2.62 bits per heavy atom. The molecular formula is C11H17NO2Si2. The fourth-order valence-electron chi connectivity index (χ4n) is 1.66. The predicted molar refractivity (Wildman–Crippen MR) is 71.3 cm³/mol. The lowest BCUT2D eigenvalue weighted by molar-refractivity contribution is 0.565. The third-order valence-electron chi connectivity index (χ3n) is 2.25. The first-order chi connectivity index (χ1) is 7.45. The molecule has 0 atom stereocenters. The van der Waals surface area contributed by atoms with Crippen LogP contribution in [0.15, 0.2) is 29.3 Å². The van der Waals surface area contributed by atoms with E-state index in [4.69, 9.17) is 4.12 Å². The molecule has 0 spiro atoms. The molecule has 1 aromatic rings. The van der Waals surface area contributed by atoms with E-state index in [1.54, 1.807) is 12.1 Å². The molecule has 0 N–H and O–H groups in total. The van der Waals surface area contributed by atoms with Crippen molar-refractivity contribution in [3.63, 3.8) is 0 Å². The Morgan fingerprint density at radius 2 is 2.06 bits per heavy atom. The summed E-state index contributed by atoms with van der Waals surface area (Å²) in [4.78, 5) is 13.8. The van der Waals surface area contributed by atoms with Crippen LogP contribution in [0.2, 0.25) is 26.2 Å². The Bertz CT molecular complexity index is 412. The van der Waals surface area contributed by atoms with Gasteiger partial charge in [-0.15, -0.1) is 0 Å². The first-order valence-corrected chi connectivity index (χ1v) is 11.0. The number of rotatable bonds is 4. The smallest absolute Gasteiger partial charge is 0.240 e. The Hall–Kier alpha value is -1.01. The van der Waals surface area contributed by atoms with Gasteiger partial charge in [-0.3, -0.25) is 0 Å². The Balaban J connectivity index is 3.02. The molecule has 3 nitrogen and oxygen atoms in total. The summed E-state index contributed by atoms with van der Waals surface area (Å²) in [5.41, 5.74) is 0.655. The van der Waals surface area contributed by atoms with Crippen molar-refractivity contribution in [1.82, 2.24) is 0 Å². The predicted octanol–water partition coefficient (Wildman–Crippen LogP) is 2.07. The molecular weight excluding hydrogens is 234 g/mol. The SMILES string of the molecule is C[SiH](C)O[Si](C)(C)c1cccc(N=C=O)c1. The molecule has 0 saturated carbocycles. The zero-order valence-electron chi connectivity index (χ0n) is 10.2. The van der Waals surface area contributed by atoms with Crippen LogP contribution in [0.5, 0.6) is 0 Å². The van der Waals surface area contributed by atoms with Crippen molar-refractivity contribution in [2.24, 2.45) is 4.99 Å². The van der Waals surface area contributed by atoms with Crippen molar-refractivity contribution < 1.29 is 8.91 Å². The zero-order chi connectivity index (χ0) is 12.2. The normalized spacial score (nSPS) is 11.3. The molecule has 0 aliphatic heterocycles. The Kier molecular flexibility index (Phi) is 4.38. The van der Waals surface area contributed by atoms with Crippen LogP contribution in [-0.2, 0) is 8.91 Å². The van der Waals surface area contributed by atoms with Gasteiger partial charge in [0.15, 0.2) is 9.04 Å². The summed E-state index contributed by atoms with van der Waals surface area (Å²) in [5.74, 6) is 0. The van der Waals surface area contributed by atoms with E-state index < -0.39 is 17.4 Å². The molecule has 0 aliphatic rings. The lowest BCUT2D eigenvalue weighted by Crippen LogP contribution is -2.47. The number of hydrogen-bond donors (Lipinski definition) is 0. The van der Waals surface area contributed by atoms with Crippen LogP contribution in [0.4, 0.5) is 5.69 Å². The zero-order valence-corrected chi connectivity index (χ0v) is 12.3. The van der Waals surface area contributed by atoms with E-state index in [-0.39, 0.29) is 0 Å². The topological polar surface area (TPSA) is 38.7 Å². The molecule has 0 heterocycles. The van der Waals surface area contributed by atoms with Gasteiger partial charge in [-0.05, 0) is 43.5 Å². The maximum Gasteiger partial charge on any atom is 0.240 e. The molecule has 1 aromatic carbocycles. The third kappa shape index (κ3) is 3.54. The van der Waals surface area contributed by atoms with Crippen LogP contribution in [-0.4, -0.2) is 23.4 Å². The molecule has 1 rings (SSSR count). The standard InChI is InChI=1S/C11H17NO2Si2/c1-15(2)14-16(3,4)11-7-5-6-10(8-11)12-9-13/h5-8,15H,1-4H3. The van der Waals surface area contributed by atoms with E-state index in [0.717, 1.165) is 0 Å². The van der Waals surface area contributed by atoms with E-state index in [2.05, 4.69) is 31.2 Å². The van der Waals surface area contributed by atoms with Crippen LogP contribution in [0, 0.1) is 0 Å². The molecule has 0 fully saturated rings. The van der Waals surface area contributed by atoms with E-state index in [1.807, 2.05) is 18.2 Å². The van der Waals surface area contributed by atoms with Crippen LogP contribution in [0.3, 0.4) is 0 Å².